The second-order valence-electron chi connectivity index (χ2n) is 3.31. The molecule has 17 heavy (non-hydrogen) atoms. The lowest BCUT2D eigenvalue weighted by molar-refractivity contribution is 0.104. The van der Waals surface area contributed by atoms with Crippen LogP contribution in [0.4, 0.5) is 0 Å². The molecule has 0 fully saturated rings. The van der Waals surface area contributed by atoms with Crippen molar-refractivity contribution in [3.8, 4) is 0 Å². The van der Waals surface area contributed by atoms with E-state index in [4.69, 9.17) is 0 Å². The molecular weight excluding hydrogens is 276 g/mol. The van der Waals surface area contributed by atoms with Crippen molar-refractivity contribution in [2.45, 2.75) is 0 Å². The van der Waals surface area contributed by atoms with Gasteiger partial charge in [-0.3, -0.25) is 4.79 Å². The van der Waals surface area contributed by atoms with E-state index >= 15 is 0 Å². The van der Waals surface area contributed by atoms with Crippen LogP contribution < -0.4 is 0 Å². The minimum Gasteiger partial charge on any atom is -0.289 e. The summed E-state index contributed by atoms with van der Waals surface area (Å²) in [5, 5.41) is 0. The van der Waals surface area contributed by atoms with Crippen LogP contribution in [0.15, 0.2) is 77.8 Å². The zero-order valence-corrected chi connectivity index (χ0v) is 11.0. The maximum Gasteiger partial charge on any atom is 0.185 e. The number of ketones is 1. The van der Waals surface area contributed by atoms with Gasteiger partial charge in [-0.2, -0.15) is 0 Å². The van der Waals surface area contributed by atoms with Gasteiger partial charge in [0, 0.05) is 10.0 Å². The first-order chi connectivity index (χ1) is 8.17. The Labute approximate surface area is 110 Å². The van der Waals surface area contributed by atoms with Crippen LogP contribution in [0.1, 0.15) is 10.4 Å². The molecule has 0 atom stereocenters. The van der Waals surface area contributed by atoms with Crippen LogP contribution in [0.25, 0.3) is 0 Å². The van der Waals surface area contributed by atoms with E-state index in [1.54, 1.807) is 36.4 Å². The molecule has 0 aromatic heterocycles. The second kappa shape index (κ2) is 6.81. The van der Waals surface area contributed by atoms with Crippen LogP contribution >= 0.6 is 15.9 Å². The van der Waals surface area contributed by atoms with Gasteiger partial charge in [-0.1, -0.05) is 65.5 Å². The van der Waals surface area contributed by atoms with Crippen molar-refractivity contribution in [2.24, 2.45) is 0 Å². The van der Waals surface area contributed by atoms with Gasteiger partial charge in [-0.15, -0.1) is 0 Å². The van der Waals surface area contributed by atoms with Gasteiger partial charge in [-0.05, 0) is 23.8 Å². The fourth-order valence-corrected chi connectivity index (χ4v) is 1.64. The highest BCUT2D eigenvalue weighted by Crippen LogP contribution is 2.12. The summed E-state index contributed by atoms with van der Waals surface area (Å²) in [5.74, 6) is -0.0388. The molecule has 1 rings (SSSR count). The summed E-state index contributed by atoms with van der Waals surface area (Å²) in [5.41, 5.74) is 1.50. The summed E-state index contributed by atoms with van der Waals surface area (Å²) in [6.07, 6.45) is 8.37. The molecule has 1 nitrogen and oxygen atoms in total. The number of rotatable bonds is 5. The van der Waals surface area contributed by atoms with Gasteiger partial charge in [0.2, 0.25) is 0 Å². The SMILES string of the molecule is C=CC=C(C=C)C=CC(=O)c1cccc(Br)c1. The first-order valence-corrected chi connectivity index (χ1v) is 5.90. The highest BCUT2D eigenvalue weighted by molar-refractivity contribution is 9.10. The summed E-state index contributed by atoms with van der Waals surface area (Å²) >= 11 is 3.33. The Morgan fingerprint density at radius 3 is 2.59 bits per heavy atom. The van der Waals surface area contributed by atoms with Gasteiger partial charge >= 0.3 is 0 Å². The summed E-state index contributed by atoms with van der Waals surface area (Å²) in [7, 11) is 0. The second-order valence-corrected chi connectivity index (χ2v) is 4.23. The number of hydrogen-bond donors (Lipinski definition) is 0. The van der Waals surface area contributed by atoms with Gasteiger partial charge in [0.15, 0.2) is 5.78 Å². The number of carbonyl (C=O) groups excluding carboxylic acids is 1. The molecule has 0 saturated carbocycles. The topological polar surface area (TPSA) is 17.1 Å². The molecule has 1 aromatic carbocycles. The Kier molecular flexibility index (Phi) is 5.37. The van der Waals surface area contributed by atoms with Crippen LogP contribution in [0, 0.1) is 0 Å². The van der Waals surface area contributed by atoms with E-state index < -0.39 is 0 Å². The Hall–Kier alpha value is -1.67. The number of benzene rings is 1. The molecule has 0 aliphatic heterocycles. The number of hydrogen-bond acceptors (Lipinski definition) is 1. The zero-order chi connectivity index (χ0) is 12.7. The number of allylic oxidation sites excluding steroid dienone is 6. The summed E-state index contributed by atoms with van der Waals surface area (Å²) in [6, 6.07) is 7.28. The number of carbonyl (C=O) groups is 1. The van der Waals surface area contributed by atoms with Crippen LogP contribution in [0.5, 0.6) is 0 Å². The van der Waals surface area contributed by atoms with E-state index in [0.29, 0.717) is 5.56 Å². The molecule has 1 aromatic rings. The molecule has 0 unspecified atom stereocenters. The minimum atomic E-state index is -0.0388. The minimum absolute atomic E-state index is 0.0388. The third-order valence-electron chi connectivity index (χ3n) is 2.08. The molecule has 0 heterocycles. The lowest BCUT2D eigenvalue weighted by Crippen LogP contribution is -1.93. The molecule has 86 valence electrons. The Morgan fingerprint density at radius 2 is 2.00 bits per heavy atom. The maximum absolute atomic E-state index is 11.8. The summed E-state index contributed by atoms with van der Waals surface area (Å²) < 4.78 is 0.891. The lowest BCUT2D eigenvalue weighted by atomic mass is 10.1. The first kappa shape index (κ1) is 13.4. The van der Waals surface area contributed by atoms with Crippen molar-refractivity contribution in [2.75, 3.05) is 0 Å². The molecule has 0 aliphatic rings. The van der Waals surface area contributed by atoms with Crippen molar-refractivity contribution >= 4 is 21.7 Å². The fraction of sp³-hybridized carbons (Fsp3) is 0. The summed E-state index contributed by atoms with van der Waals surface area (Å²) in [6.45, 7) is 7.25. The molecule has 0 N–H and O–H groups in total. The smallest absolute Gasteiger partial charge is 0.185 e. The molecule has 0 bridgehead atoms. The standard InChI is InChI=1S/C15H13BrO/c1-3-6-12(4-2)9-10-15(17)13-7-5-8-14(16)11-13/h3-11H,1-2H2. The largest absolute Gasteiger partial charge is 0.289 e. The highest BCUT2D eigenvalue weighted by atomic mass is 79.9. The third kappa shape index (κ3) is 4.37. The van der Waals surface area contributed by atoms with Crippen molar-refractivity contribution in [1.82, 2.24) is 0 Å². The normalized spacial score (nSPS) is 11.5. The van der Waals surface area contributed by atoms with E-state index in [1.807, 2.05) is 12.1 Å². The van der Waals surface area contributed by atoms with Gasteiger partial charge in [0.1, 0.15) is 0 Å². The van der Waals surface area contributed by atoms with Crippen molar-refractivity contribution in [1.29, 1.82) is 0 Å². The Morgan fingerprint density at radius 1 is 1.24 bits per heavy atom. The fourth-order valence-electron chi connectivity index (χ4n) is 1.24. The van der Waals surface area contributed by atoms with Gasteiger partial charge in [-0.25, -0.2) is 0 Å². The van der Waals surface area contributed by atoms with Crippen LogP contribution in [0.3, 0.4) is 0 Å². The average Bonchev–Trinajstić information content (AvgIpc) is 2.34. The maximum atomic E-state index is 11.8. The predicted molar refractivity (Wildman–Crippen MR) is 76.1 cm³/mol. The van der Waals surface area contributed by atoms with Crippen molar-refractivity contribution in [3.05, 3.63) is 83.4 Å². The molecule has 0 amide bonds. The summed E-state index contributed by atoms with van der Waals surface area (Å²) in [4.78, 5) is 11.8. The van der Waals surface area contributed by atoms with E-state index in [9.17, 15) is 4.79 Å². The Balaban J connectivity index is 2.86. The predicted octanol–water partition coefficient (Wildman–Crippen LogP) is 4.49. The van der Waals surface area contributed by atoms with E-state index in [-0.39, 0.29) is 5.78 Å². The highest BCUT2D eigenvalue weighted by Gasteiger charge is 2.01. The van der Waals surface area contributed by atoms with Crippen LogP contribution in [-0.4, -0.2) is 5.78 Å². The van der Waals surface area contributed by atoms with Crippen LogP contribution in [-0.2, 0) is 0 Å². The van der Waals surface area contributed by atoms with Gasteiger partial charge in [0.05, 0.1) is 0 Å². The quantitative estimate of drug-likeness (QED) is 0.443. The molecule has 2 heteroatoms. The number of halogens is 1. The monoisotopic (exact) mass is 288 g/mol. The van der Waals surface area contributed by atoms with Gasteiger partial charge < -0.3 is 0 Å². The van der Waals surface area contributed by atoms with E-state index in [1.165, 1.54) is 6.08 Å². The molecule has 0 aliphatic carbocycles. The van der Waals surface area contributed by atoms with Crippen LogP contribution in [0.2, 0.25) is 0 Å². The third-order valence-corrected chi connectivity index (χ3v) is 2.58. The molecule has 0 radical (unpaired) electrons. The lowest BCUT2D eigenvalue weighted by Gasteiger charge is -1.96. The molecular formula is C15H13BrO. The zero-order valence-electron chi connectivity index (χ0n) is 9.40. The molecule has 0 spiro atoms. The van der Waals surface area contributed by atoms with E-state index in [0.717, 1.165) is 10.0 Å². The Bertz CT molecular complexity index is 495. The van der Waals surface area contributed by atoms with Crippen molar-refractivity contribution < 1.29 is 4.79 Å². The van der Waals surface area contributed by atoms with Gasteiger partial charge in [0.25, 0.3) is 0 Å². The van der Waals surface area contributed by atoms with E-state index in [2.05, 4.69) is 29.1 Å². The molecule has 0 saturated heterocycles. The first-order valence-electron chi connectivity index (χ1n) is 5.10. The average molecular weight is 289 g/mol. The van der Waals surface area contributed by atoms with Crippen molar-refractivity contribution in [3.63, 3.8) is 0 Å².